The molecule has 0 N–H and O–H groups in total. The Morgan fingerprint density at radius 3 is 2.41 bits per heavy atom. The largest absolute Gasteiger partial charge is 0.494 e. The molecule has 3 rings (SSSR count). The molecule has 2 aromatic rings. The second-order valence-electron chi connectivity index (χ2n) is 7.14. The summed E-state index contributed by atoms with van der Waals surface area (Å²) >= 11 is 0. The van der Waals surface area contributed by atoms with Crippen molar-refractivity contribution in [1.82, 2.24) is 9.88 Å². The van der Waals surface area contributed by atoms with Gasteiger partial charge in [-0.05, 0) is 50.5 Å². The Hall–Kier alpha value is -3.23. The number of benzene rings is 1. The highest BCUT2D eigenvalue weighted by Crippen LogP contribution is 2.32. The van der Waals surface area contributed by atoms with E-state index in [0.29, 0.717) is 50.6 Å². The minimum atomic E-state index is -4.46. The smallest absolute Gasteiger partial charge is 0.417 e. The highest BCUT2D eigenvalue weighted by Gasteiger charge is 2.30. The number of nitrogens with zero attached hydrogens (tertiary/aromatic N) is 2. The van der Waals surface area contributed by atoms with E-state index in [-0.39, 0.29) is 12.0 Å². The zero-order valence-corrected chi connectivity index (χ0v) is 17.9. The molecule has 1 aliphatic rings. The maximum absolute atomic E-state index is 12.7. The first kappa shape index (κ1) is 23.4. The Labute approximate surface area is 184 Å². The van der Waals surface area contributed by atoms with Crippen molar-refractivity contribution >= 4 is 12.2 Å². The van der Waals surface area contributed by atoms with Gasteiger partial charge in [-0.2, -0.15) is 13.2 Å². The van der Waals surface area contributed by atoms with Crippen LogP contribution in [0, 0.1) is 0 Å². The predicted octanol–water partition coefficient (Wildman–Crippen LogP) is 5.93. The Bertz CT molecular complexity index is 949. The second-order valence-corrected chi connectivity index (χ2v) is 7.14. The van der Waals surface area contributed by atoms with E-state index >= 15 is 0 Å². The fourth-order valence-corrected chi connectivity index (χ4v) is 3.29. The van der Waals surface area contributed by atoms with E-state index in [1.165, 1.54) is 6.07 Å². The average Bonchev–Trinajstić information content (AvgIpc) is 2.74. The van der Waals surface area contributed by atoms with Gasteiger partial charge in [-0.1, -0.05) is 11.6 Å². The summed E-state index contributed by atoms with van der Waals surface area (Å²) in [5.41, 5.74) is 1.16. The number of hydrogen-bond donors (Lipinski definition) is 0. The van der Waals surface area contributed by atoms with E-state index in [0.717, 1.165) is 23.4 Å². The number of carbonyl (C=O) groups excluding carboxylic acids is 1. The molecule has 1 aromatic carbocycles. The molecule has 0 aliphatic carbocycles. The first-order valence-corrected chi connectivity index (χ1v) is 10.4. The molecule has 32 heavy (non-hydrogen) atoms. The zero-order valence-electron chi connectivity index (χ0n) is 17.9. The lowest BCUT2D eigenvalue weighted by molar-refractivity contribution is -0.137. The van der Waals surface area contributed by atoms with Crippen LogP contribution in [0.5, 0.6) is 17.4 Å². The summed E-state index contributed by atoms with van der Waals surface area (Å²) in [7, 11) is 0. The number of piperidine rings is 1. The molecule has 0 unspecified atom stereocenters. The number of carbonyl (C=O) groups is 1. The normalized spacial score (nSPS) is 14.2. The van der Waals surface area contributed by atoms with E-state index in [9.17, 15) is 18.0 Å². The van der Waals surface area contributed by atoms with Crippen molar-refractivity contribution in [3.63, 3.8) is 0 Å². The molecular formula is C23H25F3N2O4. The average molecular weight is 450 g/mol. The molecule has 1 saturated heterocycles. The van der Waals surface area contributed by atoms with Gasteiger partial charge in [0.1, 0.15) is 11.5 Å². The number of halogens is 3. The zero-order chi connectivity index (χ0) is 23.1. The summed E-state index contributed by atoms with van der Waals surface area (Å²) in [5, 5.41) is 0. The van der Waals surface area contributed by atoms with E-state index in [1.54, 1.807) is 24.0 Å². The molecule has 1 aromatic heterocycles. The molecular weight excluding hydrogens is 425 g/mol. The quantitative estimate of drug-likeness (QED) is 0.546. The van der Waals surface area contributed by atoms with Gasteiger partial charge in [0, 0.05) is 31.4 Å². The fraction of sp³-hybridized carbons (Fsp3) is 0.391. The van der Waals surface area contributed by atoms with Gasteiger partial charge in [-0.3, -0.25) is 0 Å². The Kier molecular flexibility index (Phi) is 7.61. The molecule has 1 aliphatic heterocycles. The highest BCUT2D eigenvalue weighted by molar-refractivity contribution is 5.68. The lowest BCUT2D eigenvalue weighted by Gasteiger charge is -2.27. The van der Waals surface area contributed by atoms with Crippen molar-refractivity contribution in [2.75, 3.05) is 26.3 Å². The minimum Gasteiger partial charge on any atom is -0.494 e. The first-order valence-electron chi connectivity index (χ1n) is 10.4. The maximum atomic E-state index is 12.7. The second kappa shape index (κ2) is 10.4. The number of alkyl halides is 3. The topological polar surface area (TPSA) is 60.9 Å². The standard InChI is InChI=1S/C23H25F3N2O4/c1-3-30-19-12-17(11-16-7-9-28(10-8-16)22(29)31-4-2)13-20(14-19)32-21-6-5-18(15-27-21)23(24,25)26/h5-6,11-15H,3-4,7-10H2,1-2H3. The van der Waals surface area contributed by atoms with E-state index in [1.807, 2.05) is 19.1 Å². The van der Waals surface area contributed by atoms with Crippen molar-refractivity contribution in [2.45, 2.75) is 32.9 Å². The van der Waals surface area contributed by atoms with Gasteiger partial charge in [0.2, 0.25) is 5.88 Å². The number of hydrogen-bond acceptors (Lipinski definition) is 5. The van der Waals surface area contributed by atoms with Crippen molar-refractivity contribution in [3.05, 3.63) is 53.2 Å². The van der Waals surface area contributed by atoms with Crippen LogP contribution in [0.3, 0.4) is 0 Å². The Morgan fingerprint density at radius 2 is 1.81 bits per heavy atom. The summed E-state index contributed by atoms with van der Waals surface area (Å²) in [5.74, 6) is 1.03. The molecule has 0 atom stereocenters. The monoisotopic (exact) mass is 450 g/mol. The van der Waals surface area contributed by atoms with Gasteiger partial charge in [0.25, 0.3) is 0 Å². The first-order chi connectivity index (χ1) is 15.3. The van der Waals surface area contributed by atoms with Crippen LogP contribution in [0.25, 0.3) is 6.08 Å². The minimum absolute atomic E-state index is 0.0491. The van der Waals surface area contributed by atoms with Crippen molar-refractivity contribution in [2.24, 2.45) is 0 Å². The maximum Gasteiger partial charge on any atom is 0.417 e. The molecule has 0 radical (unpaired) electrons. The van der Waals surface area contributed by atoms with Crippen LogP contribution in [0.2, 0.25) is 0 Å². The summed E-state index contributed by atoms with van der Waals surface area (Å²) < 4.78 is 54.5. The van der Waals surface area contributed by atoms with Gasteiger partial charge >= 0.3 is 12.3 Å². The van der Waals surface area contributed by atoms with Gasteiger partial charge < -0.3 is 19.1 Å². The molecule has 9 heteroatoms. The van der Waals surface area contributed by atoms with E-state index < -0.39 is 11.7 Å². The summed E-state index contributed by atoms with van der Waals surface area (Å²) in [6.07, 6.45) is -0.574. The van der Waals surface area contributed by atoms with Crippen LogP contribution in [0.1, 0.15) is 37.8 Å². The number of rotatable bonds is 6. The molecule has 0 spiro atoms. The van der Waals surface area contributed by atoms with Crippen LogP contribution in [-0.2, 0) is 10.9 Å². The van der Waals surface area contributed by atoms with Gasteiger partial charge in [-0.15, -0.1) is 0 Å². The molecule has 0 saturated carbocycles. The number of ether oxygens (including phenoxy) is 3. The van der Waals surface area contributed by atoms with Crippen molar-refractivity contribution in [1.29, 1.82) is 0 Å². The van der Waals surface area contributed by atoms with Crippen LogP contribution >= 0.6 is 0 Å². The number of pyridine rings is 1. The summed E-state index contributed by atoms with van der Waals surface area (Å²) in [6.45, 7) is 5.58. The van der Waals surface area contributed by atoms with Crippen LogP contribution in [0.4, 0.5) is 18.0 Å². The van der Waals surface area contributed by atoms with Crippen LogP contribution in [0.15, 0.2) is 42.1 Å². The van der Waals surface area contributed by atoms with E-state index in [2.05, 4.69) is 4.98 Å². The SMILES string of the molecule is CCOC(=O)N1CCC(=Cc2cc(OCC)cc(Oc3ccc(C(F)(F)F)cn3)c2)CC1. The lowest BCUT2D eigenvalue weighted by atomic mass is 10.0. The molecule has 1 amide bonds. The third-order valence-corrected chi connectivity index (χ3v) is 4.80. The Morgan fingerprint density at radius 1 is 1.09 bits per heavy atom. The highest BCUT2D eigenvalue weighted by atomic mass is 19.4. The molecule has 172 valence electrons. The summed E-state index contributed by atoms with van der Waals surface area (Å²) in [6, 6.07) is 7.40. The fourth-order valence-electron chi connectivity index (χ4n) is 3.29. The number of likely N-dealkylation sites (tertiary alicyclic amines) is 1. The summed E-state index contributed by atoms with van der Waals surface area (Å²) in [4.78, 5) is 17.3. The molecule has 0 bridgehead atoms. The molecule has 2 heterocycles. The lowest BCUT2D eigenvalue weighted by Crippen LogP contribution is -2.36. The van der Waals surface area contributed by atoms with Crippen molar-refractivity contribution < 1.29 is 32.2 Å². The third-order valence-electron chi connectivity index (χ3n) is 4.80. The number of amides is 1. The van der Waals surface area contributed by atoms with Crippen molar-refractivity contribution in [3.8, 4) is 17.4 Å². The third kappa shape index (κ3) is 6.38. The predicted molar refractivity (Wildman–Crippen MR) is 113 cm³/mol. The molecule has 6 nitrogen and oxygen atoms in total. The van der Waals surface area contributed by atoms with Gasteiger partial charge in [0.05, 0.1) is 18.8 Å². The van der Waals surface area contributed by atoms with Gasteiger partial charge in [-0.25, -0.2) is 9.78 Å². The van der Waals surface area contributed by atoms with Gasteiger partial charge in [0.15, 0.2) is 0 Å². The number of aromatic nitrogens is 1. The Balaban J connectivity index is 1.75. The van der Waals surface area contributed by atoms with Crippen LogP contribution < -0.4 is 9.47 Å². The van der Waals surface area contributed by atoms with Crippen LogP contribution in [-0.4, -0.2) is 42.3 Å². The molecule has 1 fully saturated rings. The van der Waals surface area contributed by atoms with E-state index in [4.69, 9.17) is 14.2 Å².